The third kappa shape index (κ3) is 4.22. The monoisotopic (exact) mass is 240 g/mol. The molecule has 0 saturated carbocycles. The van der Waals surface area contributed by atoms with Crippen LogP contribution < -0.4 is 5.32 Å². The fourth-order valence-corrected chi connectivity index (χ4v) is 2.35. The van der Waals surface area contributed by atoms with Gasteiger partial charge in [0.1, 0.15) is 0 Å². The van der Waals surface area contributed by atoms with E-state index in [4.69, 9.17) is 0 Å². The average molecular weight is 240 g/mol. The van der Waals surface area contributed by atoms with Gasteiger partial charge in [0, 0.05) is 24.0 Å². The molecular formula is C13H24N2S. The lowest BCUT2D eigenvalue weighted by atomic mass is 9.78. The number of likely N-dealkylation sites (N-methyl/N-ethyl adjacent to an activating group) is 1. The van der Waals surface area contributed by atoms with Crippen molar-refractivity contribution in [2.24, 2.45) is 11.3 Å². The molecule has 92 valence electrons. The first-order chi connectivity index (χ1) is 7.43. The predicted octanol–water partition coefficient (Wildman–Crippen LogP) is 3.35. The molecule has 0 spiro atoms. The highest BCUT2D eigenvalue weighted by atomic mass is 32.1. The van der Waals surface area contributed by atoms with Gasteiger partial charge in [-0.1, -0.05) is 27.7 Å². The maximum atomic E-state index is 4.35. The van der Waals surface area contributed by atoms with Crippen molar-refractivity contribution in [2.45, 2.75) is 46.6 Å². The van der Waals surface area contributed by atoms with Crippen LogP contribution in [0.3, 0.4) is 0 Å². The van der Waals surface area contributed by atoms with Crippen LogP contribution in [0.25, 0.3) is 0 Å². The van der Waals surface area contributed by atoms with Gasteiger partial charge in [-0.15, -0.1) is 11.3 Å². The van der Waals surface area contributed by atoms with Crippen molar-refractivity contribution in [1.82, 2.24) is 10.3 Å². The van der Waals surface area contributed by atoms with E-state index in [1.165, 1.54) is 11.4 Å². The third-order valence-electron chi connectivity index (χ3n) is 3.43. The smallest absolute Gasteiger partial charge is 0.0940 e. The van der Waals surface area contributed by atoms with Gasteiger partial charge < -0.3 is 5.32 Å². The van der Waals surface area contributed by atoms with Crippen molar-refractivity contribution in [3.63, 3.8) is 0 Å². The van der Waals surface area contributed by atoms with Gasteiger partial charge in [0.2, 0.25) is 0 Å². The van der Waals surface area contributed by atoms with Gasteiger partial charge in [-0.2, -0.15) is 0 Å². The number of hydrogen-bond acceptors (Lipinski definition) is 3. The van der Waals surface area contributed by atoms with Crippen LogP contribution in [0.5, 0.6) is 0 Å². The van der Waals surface area contributed by atoms with Gasteiger partial charge in [-0.3, -0.25) is 0 Å². The minimum atomic E-state index is 0.387. The number of rotatable bonds is 5. The summed E-state index contributed by atoms with van der Waals surface area (Å²) in [5, 5.41) is 6.70. The van der Waals surface area contributed by atoms with E-state index in [2.05, 4.69) is 43.4 Å². The molecule has 0 radical (unpaired) electrons. The minimum Gasteiger partial charge on any atom is -0.317 e. The topological polar surface area (TPSA) is 24.9 Å². The summed E-state index contributed by atoms with van der Waals surface area (Å²) >= 11 is 1.75. The van der Waals surface area contributed by atoms with Crippen LogP contribution in [-0.4, -0.2) is 18.1 Å². The summed E-state index contributed by atoms with van der Waals surface area (Å²) in [5.41, 5.74) is 0.387. The van der Waals surface area contributed by atoms with Crippen LogP contribution in [0.4, 0.5) is 0 Å². The summed E-state index contributed by atoms with van der Waals surface area (Å²) in [6, 6.07) is 0.542. The molecule has 1 N–H and O–H groups in total. The summed E-state index contributed by atoms with van der Waals surface area (Å²) < 4.78 is 0. The molecule has 2 unspecified atom stereocenters. The van der Waals surface area contributed by atoms with E-state index in [-0.39, 0.29) is 0 Å². The molecule has 1 rings (SSSR count). The first kappa shape index (κ1) is 13.7. The Kier molecular flexibility index (Phi) is 4.93. The Morgan fingerprint density at radius 3 is 2.56 bits per heavy atom. The van der Waals surface area contributed by atoms with Gasteiger partial charge in [0.25, 0.3) is 0 Å². The Balaban J connectivity index is 2.49. The molecule has 0 aliphatic rings. The second-order valence-corrected chi connectivity index (χ2v) is 6.60. The molecule has 0 bridgehead atoms. The van der Waals surface area contributed by atoms with Crippen molar-refractivity contribution in [3.8, 4) is 0 Å². The fraction of sp³-hybridized carbons (Fsp3) is 0.769. The molecule has 2 nitrogen and oxygen atoms in total. The van der Waals surface area contributed by atoms with E-state index < -0.39 is 0 Å². The fourth-order valence-electron chi connectivity index (χ4n) is 1.65. The van der Waals surface area contributed by atoms with Crippen LogP contribution in [0.2, 0.25) is 0 Å². The van der Waals surface area contributed by atoms with Crippen molar-refractivity contribution in [3.05, 3.63) is 16.6 Å². The van der Waals surface area contributed by atoms with Gasteiger partial charge in [0.15, 0.2) is 0 Å². The summed E-state index contributed by atoms with van der Waals surface area (Å²) in [6.45, 7) is 9.28. The zero-order valence-corrected chi connectivity index (χ0v) is 11.9. The average Bonchev–Trinajstić information content (AvgIpc) is 2.67. The summed E-state index contributed by atoms with van der Waals surface area (Å²) in [6.07, 6.45) is 4.15. The second kappa shape index (κ2) is 5.78. The molecule has 0 aliphatic carbocycles. The normalized spacial score (nSPS) is 16.1. The Hall–Kier alpha value is -0.410. The van der Waals surface area contributed by atoms with E-state index in [9.17, 15) is 0 Å². The molecule has 0 fully saturated rings. The SMILES string of the molecule is CNC(Cc1nccs1)CC(C)C(C)(C)C. The number of nitrogens with zero attached hydrogens (tertiary/aromatic N) is 1. The molecule has 0 aliphatic heterocycles. The highest BCUT2D eigenvalue weighted by Crippen LogP contribution is 2.29. The van der Waals surface area contributed by atoms with E-state index in [1.54, 1.807) is 11.3 Å². The van der Waals surface area contributed by atoms with Crippen LogP contribution in [0, 0.1) is 11.3 Å². The minimum absolute atomic E-state index is 0.387. The number of nitrogens with one attached hydrogen (secondary N) is 1. The lowest BCUT2D eigenvalue weighted by Crippen LogP contribution is -2.32. The van der Waals surface area contributed by atoms with Gasteiger partial charge in [-0.05, 0) is 24.8 Å². The third-order valence-corrected chi connectivity index (χ3v) is 4.23. The molecule has 1 aromatic heterocycles. The molecule has 0 saturated heterocycles. The highest BCUT2D eigenvalue weighted by molar-refractivity contribution is 7.09. The van der Waals surface area contributed by atoms with Crippen LogP contribution in [0.15, 0.2) is 11.6 Å². The molecule has 0 amide bonds. The van der Waals surface area contributed by atoms with Crippen LogP contribution in [-0.2, 0) is 6.42 Å². The van der Waals surface area contributed by atoms with Gasteiger partial charge in [0.05, 0.1) is 5.01 Å². The molecule has 1 aromatic rings. The summed E-state index contributed by atoms with van der Waals surface area (Å²) in [5.74, 6) is 0.713. The Morgan fingerprint density at radius 1 is 1.44 bits per heavy atom. The Labute approximate surface area is 103 Å². The van der Waals surface area contributed by atoms with Crippen molar-refractivity contribution < 1.29 is 0 Å². The molecule has 3 heteroatoms. The summed E-state index contributed by atoms with van der Waals surface area (Å²) in [7, 11) is 2.05. The Morgan fingerprint density at radius 2 is 2.12 bits per heavy atom. The van der Waals surface area contributed by atoms with Gasteiger partial charge >= 0.3 is 0 Å². The highest BCUT2D eigenvalue weighted by Gasteiger charge is 2.23. The number of aromatic nitrogens is 1. The standard InChI is InChI=1S/C13H24N2S/c1-10(13(2,3)4)8-11(14-5)9-12-15-6-7-16-12/h6-7,10-11,14H,8-9H2,1-5H3. The van der Waals surface area contributed by atoms with Gasteiger partial charge in [-0.25, -0.2) is 4.98 Å². The van der Waals surface area contributed by atoms with E-state index >= 15 is 0 Å². The van der Waals surface area contributed by atoms with Crippen LogP contribution in [0.1, 0.15) is 39.1 Å². The number of hydrogen-bond donors (Lipinski definition) is 1. The maximum absolute atomic E-state index is 4.35. The molecular weight excluding hydrogens is 216 g/mol. The molecule has 2 atom stereocenters. The van der Waals surface area contributed by atoms with Crippen LogP contribution >= 0.6 is 11.3 Å². The summed E-state index contributed by atoms with van der Waals surface area (Å²) in [4.78, 5) is 4.35. The molecule has 1 heterocycles. The largest absolute Gasteiger partial charge is 0.317 e. The maximum Gasteiger partial charge on any atom is 0.0940 e. The van der Waals surface area contributed by atoms with Crippen molar-refractivity contribution in [2.75, 3.05) is 7.05 Å². The molecule has 16 heavy (non-hydrogen) atoms. The second-order valence-electron chi connectivity index (χ2n) is 5.62. The lowest BCUT2D eigenvalue weighted by Gasteiger charge is -2.30. The number of thiazole rings is 1. The van der Waals surface area contributed by atoms with Crippen molar-refractivity contribution in [1.29, 1.82) is 0 Å². The molecule has 0 aromatic carbocycles. The first-order valence-corrected chi connectivity index (χ1v) is 6.87. The Bertz CT molecular complexity index is 287. The predicted molar refractivity (Wildman–Crippen MR) is 71.9 cm³/mol. The quantitative estimate of drug-likeness (QED) is 0.854. The van der Waals surface area contributed by atoms with Crippen molar-refractivity contribution >= 4 is 11.3 Å². The lowest BCUT2D eigenvalue weighted by molar-refractivity contribution is 0.225. The zero-order valence-electron chi connectivity index (χ0n) is 11.1. The van der Waals surface area contributed by atoms with E-state index in [1.807, 2.05) is 13.2 Å². The van der Waals surface area contributed by atoms with E-state index in [0.717, 1.165) is 6.42 Å². The first-order valence-electron chi connectivity index (χ1n) is 5.99. The van der Waals surface area contributed by atoms with E-state index in [0.29, 0.717) is 17.4 Å². The zero-order chi connectivity index (χ0) is 12.2.